The first-order chi connectivity index (χ1) is 10.2. The number of rotatable bonds is 7. The third-order valence-corrected chi connectivity index (χ3v) is 3.96. The average Bonchev–Trinajstić information content (AvgIpc) is 2.86. The fraction of sp³-hybridized carbons (Fsp3) is 0.467. The summed E-state index contributed by atoms with van der Waals surface area (Å²) in [5.74, 6) is 1.14. The van der Waals surface area contributed by atoms with Crippen molar-refractivity contribution in [3.05, 3.63) is 46.5 Å². The van der Waals surface area contributed by atoms with Crippen LogP contribution >= 0.6 is 15.9 Å². The lowest BCUT2D eigenvalue weighted by Gasteiger charge is -2.26. The largest absolute Gasteiger partial charge is 0.384 e. The van der Waals surface area contributed by atoms with Gasteiger partial charge in [0.15, 0.2) is 0 Å². The molecule has 0 aliphatic rings. The lowest BCUT2D eigenvalue weighted by Crippen LogP contribution is -2.26. The third kappa shape index (κ3) is 3.90. The van der Waals surface area contributed by atoms with Gasteiger partial charge in [-0.15, -0.1) is 10.2 Å². The maximum Gasteiger partial charge on any atom is 0.140 e. The number of methoxy groups -OCH3 is 2. The minimum Gasteiger partial charge on any atom is -0.384 e. The second-order valence-electron chi connectivity index (χ2n) is 5.00. The van der Waals surface area contributed by atoms with Crippen LogP contribution in [0.4, 0.5) is 0 Å². The zero-order chi connectivity index (χ0) is 15.2. The smallest absolute Gasteiger partial charge is 0.140 e. The molecule has 114 valence electrons. The molecule has 0 radical (unpaired) electrons. The predicted molar refractivity (Wildman–Crippen MR) is 84.2 cm³/mol. The van der Waals surface area contributed by atoms with Crippen molar-refractivity contribution in [3.63, 3.8) is 0 Å². The highest BCUT2D eigenvalue weighted by Crippen LogP contribution is 2.32. The van der Waals surface area contributed by atoms with Crippen LogP contribution in [0.25, 0.3) is 0 Å². The molecular formula is C15H20BrN3O2. The molecule has 1 atom stereocenters. The number of benzene rings is 1. The second kappa shape index (κ2) is 7.68. The van der Waals surface area contributed by atoms with E-state index in [1.807, 2.05) is 23.7 Å². The van der Waals surface area contributed by atoms with Crippen molar-refractivity contribution in [2.75, 3.05) is 27.4 Å². The van der Waals surface area contributed by atoms with Crippen molar-refractivity contribution in [1.29, 1.82) is 0 Å². The van der Waals surface area contributed by atoms with Crippen LogP contribution in [-0.2, 0) is 16.5 Å². The molecule has 0 spiro atoms. The van der Waals surface area contributed by atoms with E-state index in [9.17, 15) is 0 Å². The second-order valence-corrected chi connectivity index (χ2v) is 5.92. The third-order valence-electron chi connectivity index (χ3n) is 3.47. The highest BCUT2D eigenvalue weighted by Gasteiger charge is 2.29. The lowest BCUT2D eigenvalue weighted by atomic mass is 9.86. The number of hydrogen-bond donors (Lipinski definition) is 0. The van der Waals surface area contributed by atoms with Gasteiger partial charge in [0.2, 0.25) is 0 Å². The summed E-state index contributed by atoms with van der Waals surface area (Å²) < 4.78 is 13.7. The normalized spacial score (nSPS) is 12.8. The molecule has 0 N–H and O–H groups in total. The first kappa shape index (κ1) is 16.1. The number of hydrogen-bond acceptors (Lipinski definition) is 4. The molecule has 0 saturated heterocycles. The minimum absolute atomic E-state index is 0.0647. The van der Waals surface area contributed by atoms with Gasteiger partial charge < -0.3 is 14.0 Å². The molecule has 1 aromatic heterocycles. The molecule has 0 fully saturated rings. The van der Waals surface area contributed by atoms with E-state index >= 15 is 0 Å². The number of halogens is 1. The fourth-order valence-electron chi connectivity index (χ4n) is 2.57. The molecule has 0 aliphatic carbocycles. The van der Waals surface area contributed by atoms with E-state index in [0.717, 1.165) is 10.3 Å². The maximum absolute atomic E-state index is 5.38. The van der Waals surface area contributed by atoms with E-state index in [1.165, 1.54) is 5.56 Å². The monoisotopic (exact) mass is 353 g/mol. The Labute approximate surface area is 133 Å². The summed E-state index contributed by atoms with van der Waals surface area (Å²) in [6.07, 6.45) is 1.72. The molecule has 6 heteroatoms. The van der Waals surface area contributed by atoms with Crippen molar-refractivity contribution in [3.8, 4) is 0 Å². The van der Waals surface area contributed by atoms with Gasteiger partial charge >= 0.3 is 0 Å². The quantitative estimate of drug-likeness (QED) is 0.767. The standard InChI is InChI=1S/C15H20BrN3O2/c1-19-10-17-18-15(19)14(12(8-20-2)9-21-3)11-5-4-6-13(16)7-11/h4-7,10,12,14H,8-9H2,1-3H3. The Bertz CT molecular complexity index is 568. The summed E-state index contributed by atoms with van der Waals surface area (Å²) in [5, 5.41) is 8.31. The van der Waals surface area contributed by atoms with Crippen LogP contribution in [0.1, 0.15) is 17.3 Å². The van der Waals surface area contributed by atoms with Crippen LogP contribution in [0.3, 0.4) is 0 Å². The summed E-state index contributed by atoms with van der Waals surface area (Å²) in [4.78, 5) is 0. The van der Waals surface area contributed by atoms with Gasteiger partial charge in [-0.1, -0.05) is 28.1 Å². The van der Waals surface area contributed by atoms with Crippen molar-refractivity contribution in [2.24, 2.45) is 13.0 Å². The van der Waals surface area contributed by atoms with Gasteiger partial charge in [-0.2, -0.15) is 0 Å². The van der Waals surface area contributed by atoms with Gasteiger partial charge in [0.1, 0.15) is 12.2 Å². The van der Waals surface area contributed by atoms with Gasteiger partial charge in [0.25, 0.3) is 0 Å². The molecule has 0 bridgehead atoms. The number of aromatic nitrogens is 3. The highest BCUT2D eigenvalue weighted by molar-refractivity contribution is 9.10. The summed E-state index contributed by atoms with van der Waals surface area (Å²) in [5.41, 5.74) is 1.17. The molecular weight excluding hydrogens is 334 g/mol. The number of aryl methyl sites for hydroxylation is 1. The molecule has 2 aromatic rings. The highest BCUT2D eigenvalue weighted by atomic mass is 79.9. The Kier molecular flexibility index (Phi) is 5.90. The Hall–Kier alpha value is -1.24. The predicted octanol–water partition coefficient (Wildman–Crippen LogP) is 2.62. The van der Waals surface area contributed by atoms with Gasteiger partial charge in [0.05, 0.1) is 19.1 Å². The fourth-order valence-corrected chi connectivity index (χ4v) is 2.99. The zero-order valence-corrected chi connectivity index (χ0v) is 14.1. The lowest BCUT2D eigenvalue weighted by molar-refractivity contribution is 0.0751. The van der Waals surface area contributed by atoms with Crippen LogP contribution in [0.2, 0.25) is 0 Å². The zero-order valence-electron chi connectivity index (χ0n) is 12.5. The van der Waals surface area contributed by atoms with Gasteiger partial charge in [-0.3, -0.25) is 0 Å². The minimum atomic E-state index is 0.0647. The van der Waals surface area contributed by atoms with Gasteiger partial charge in [0, 0.05) is 31.7 Å². The first-order valence-electron chi connectivity index (χ1n) is 6.74. The molecule has 0 amide bonds. The molecule has 21 heavy (non-hydrogen) atoms. The summed E-state index contributed by atoms with van der Waals surface area (Å²) in [6, 6.07) is 8.25. The maximum atomic E-state index is 5.38. The molecule has 1 unspecified atom stereocenters. The van der Waals surface area contributed by atoms with Crippen molar-refractivity contribution in [2.45, 2.75) is 5.92 Å². The molecule has 5 nitrogen and oxygen atoms in total. The van der Waals surface area contributed by atoms with Crippen LogP contribution < -0.4 is 0 Å². The van der Waals surface area contributed by atoms with Gasteiger partial charge in [-0.25, -0.2) is 0 Å². The molecule has 1 aromatic carbocycles. The Balaban J connectivity index is 2.45. The van der Waals surface area contributed by atoms with E-state index in [0.29, 0.717) is 13.2 Å². The summed E-state index contributed by atoms with van der Waals surface area (Å²) >= 11 is 3.53. The Morgan fingerprint density at radius 1 is 1.24 bits per heavy atom. The SMILES string of the molecule is COCC(COC)C(c1cccc(Br)c1)c1nncn1C. The molecule has 2 rings (SSSR count). The summed E-state index contributed by atoms with van der Waals surface area (Å²) in [7, 11) is 5.37. The number of ether oxygens (including phenoxy) is 2. The van der Waals surface area contributed by atoms with Crippen LogP contribution in [0.15, 0.2) is 35.1 Å². The van der Waals surface area contributed by atoms with E-state index < -0.39 is 0 Å². The van der Waals surface area contributed by atoms with Gasteiger partial charge in [-0.05, 0) is 17.7 Å². The van der Waals surface area contributed by atoms with Crippen molar-refractivity contribution in [1.82, 2.24) is 14.8 Å². The van der Waals surface area contributed by atoms with Crippen molar-refractivity contribution < 1.29 is 9.47 Å². The average molecular weight is 354 g/mol. The molecule has 0 aliphatic heterocycles. The molecule has 0 saturated carbocycles. The van der Waals surface area contributed by atoms with E-state index in [2.05, 4.69) is 38.3 Å². The van der Waals surface area contributed by atoms with Crippen LogP contribution in [0.5, 0.6) is 0 Å². The van der Waals surface area contributed by atoms with E-state index in [-0.39, 0.29) is 11.8 Å². The molecule has 1 heterocycles. The first-order valence-corrected chi connectivity index (χ1v) is 7.54. The van der Waals surface area contributed by atoms with Crippen LogP contribution in [-0.4, -0.2) is 42.2 Å². The Morgan fingerprint density at radius 3 is 2.48 bits per heavy atom. The van der Waals surface area contributed by atoms with E-state index in [4.69, 9.17) is 9.47 Å². The van der Waals surface area contributed by atoms with Crippen LogP contribution in [0, 0.1) is 5.92 Å². The van der Waals surface area contributed by atoms with Crippen molar-refractivity contribution >= 4 is 15.9 Å². The topological polar surface area (TPSA) is 49.2 Å². The van der Waals surface area contributed by atoms with E-state index in [1.54, 1.807) is 20.5 Å². The summed E-state index contributed by atoms with van der Waals surface area (Å²) in [6.45, 7) is 1.19. The Morgan fingerprint density at radius 2 is 1.95 bits per heavy atom. The number of nitrogens with zero attached hydrogens (tertiary/aromatic N) is 3.